The number of hydrogen-bond acceptors (Lipinski definition) is 6. The van der Waals surface area contributed by atoms with Crippen LogP contribution in [0.2, 0.25) is 0 Å². The molecule has 0 bridgehead atoms. The normalized spacial score (nSPS) is 18.5. The second kappa shape index (κ2) is 10.7. The first-order valence-electron chi connectivity index (χ1n) is 14.0. The van der Waals surface area contributed by atoms with Crippen LogP contribution in [0.5, 0.6) is 11.5 Å². The summed E-state index contributed by atoms with van der Waals surface area (Å²) in [5.74, 6) is -0.0730. The van der Waals surface area contributed by atoms with E-state index in [0.717, 1.165) is 62.1 Å². The number of nitrogens with zero attached hydrogens (tertiary/aromatic N) is 1. The quantitative estimate of drug-likeness (QED) is 0.250. The lowest BCUT2D eigenvalue weighted by Crippen LogP contribution is -2.35. The molecule has 3 aromatic carbocycles. The molecule has 0 radical (unpaired) electrons. The molecule has 0 saturated heterocycles. The minimum Gasteiger partial charge on any atom is -0.487 e. The Bertz CT molecular complexity index is 1360. The smallest absolute Gasteiger partial charge is 0.307 e. The molecule has 6 rings (SSSR count). The maximum absolute atomic E-state index is 13.7. The fourth-order valence-corrected chi connectivity index (χ4v) is 6.12. The minimum atomic E-state index is -0.848. The van der Waals surface area contributed by atoms with Crippen LogP contribution in [0.3, 0.4) is 0 Å². The summed E-state index contributed by atoms with van der Waals surface area (Å²) in [5, 5.41) is 1.76. The lowest BCUT2D eigenvalue weighted by atomic mass is 10.0. The summed E-state index contributed by atoms with van der Waals surface area (Å²) in [4.78, 5) is 41.1. The van der Waals surface area contributed by atoms with Crippen molar-refractivity contribution in [2.45, 2.75) is 76.0 Å². The van der Waals surface area contributed by atoms with E-state index in [1.807, 2.05) is 42.5 Å². The number of carbonyl (C=O) groups excluding carboxylic acids is 3. The highest BCUT2D eigenvalue weighted by Crippen LogP contribution is 2.41. The molecule has 2 aliphatic carbocycles. The third kappa shape index (κ3) is 4.98. The Morgan fingerprint density at radius 1 is 0.795 bits per heavy atom. The van der Waals surface area contributed by atoms with E-state index >= 15 is 0 Å². The molecule has 0 aromatic heterocycles. The van der Waals surface area contributed by atoms with Crippen molar-refractivity contribution in [1.29, 1.82) is 0 Å². The third-order valence-electron chi connectivity index (χ3n) is 8.23. The van der Waals surface area contributed by atoms with Gasteiger partial charge in [-0.2, -0.15) is 0 Å². The van der Waals surface area contributed by atoms with Gasteiger partial charge in [-0.05, 0) is 92.0 Å². The summed E-state index contributed by atoms with van der Waals surface area (Å²) < 4.78 is 17.8. The lowest BCUT2D eigenvalue weighted by molar-refractivity contribution is -0.141. The largest absolute Gasteiger partial charge is 0.487 e. The molecule has 1 atom stereocenters. The van der Waals surface area contributed by atoms with Crippen LogP contribution in [0, 0.1) is 0 Å². The summed E-state index contributed by atoms with van der Waals surface area (Å²) >= 11 is 0. The molecule has 7 heteroatoms. The predicted octanol–water partition coefficient (Wildman–Crippen LogP) is 6.38. The molecule has 39 heavy (non-hydrogen) atoms. The Hall–Kier alpha value is -3.87. The Labute approximate surface area is 228 Å². The molecule has 1 heterocycles. The molecule has 2 fully saturated rings. The number of carbonyl (C=O) groups is 3. The van der Waals surface area contributed by atoms with Crippen molar-refractivity contribution < 1.29 is 28.6 Å². The molecule has 7 nitrogen and oxygen atoms in total. The van der Waals surface area contributed by atoms with Gasteiger partial charge in [-0.25, -0.2) is 0 Å². The number of esters is 1. The van der Waals surface area contributed by atoms with Gasteiger partial charge >= 0.3 is 5.97 Å². The predicted molar refractivity (Wildman–Crippen MR) is 146 cm³/mol. The zero-order valence-corrected chi connectivity index (χ0v) is 22.2. The molecule has 1 aliphatic heterocycles. The second-order valence-electron chi connectivity index (χ2n) is 10.8. The van der Waals surface area contributed by atoms with E-state index in [1.165, 1.54) is 12.0 Å². The number of methoxy groups -OCH3 is 1. The molecule has 3 aliphatic rings. The number of rotatable bonds is 8. The first kappa shape index (κ1) is 25.4. The first-order chi connectivity index (χ1) is 19.0. The Morgan fingerprint density at radius 2 is 1.33 bits per heavy atom. The van der Waals surface area contributed by atoms with Crippen molar-refractivity contribution in [2.75, 3.05) is 7.11 Å². The van der Waals surface area contributed by atoms with Crippen LogP contribution in [0.4, 0.5) is 0 Å². The van der Waals surface area contributed by atoms with Crippen LogP contribution in [0.1, 0.15) is 90.1 Å². The number of fused-ring (bicyclic) bond motifs is 2. The monoisotopic (exact) mass is 527 g/mol. The van der Waals surface area contributed by atoms with Crippen LogP contribution in [0.25, 0.3) is 10.8 Å². The van der Waals surface area contributed by atoms with Crippen LogP contribution < -0.4 is 9.47 Å². The van der Waals surface area contributed by atoms with Crippen molar-refractivity contribution in [3.8, 4) is 11.5 Å². The zero-order valence-electron chi connectivity index (χ0n) is 22.2. The molecule has 1 unspecified atom stereocenters. The number of benzene rings is 3. The number of amides is 2. The maximum atomic E-state index is 13.7. The van der Waals surface area contributed by atoms with Gasteiger partial charge in [-0.15, -0.1) is 0 Å². The molecular weight excluding hydrogens is 494 g/mol. The average Bonchev–Trinajstić information content (AvgIpc) is 3.71. The maximum Gasteiger partial charge on any atom is 0.307 e. The minimum absolute atomic E-state index is 0.0944. The summed E-state index contributed by atoms with van der Waals surface area (Å²) in [5.41, 5.74) is 1.32. The Morgan fingerprint density at radius 3 is 1.87 bits per heavy atom. The van der Waals surface area contributed by atoms with E-state index in [9.17, 15) is 14.4 Å². The summed E-state index contributed by atoms with van der Waals surface area (Å²) in [6.45, 7) is 0. The highest BCUT2D eigenvalue weighted by Gasteiger charge is 2.42. The van der Waals surface area contributed by atoms with Crippen molar-refractivity contribution >= 4 is 28.6 Å². The topological polar surface area (TPSA) is 82.1 Å². The van der Waals surface area contributed by atoms with E-state index in [2.05, 4.69) is 0 Å². The van der Waals surface area contributed by atoms with Crippen molar-refractivity contribution in [3.63, 3.8) is 0 Å². The van der Waals surface area contributed by atoms with Crippen LogP contribution in [0.15, 0.2) is 54.6 Å². The van der Waals surface area contributed by atoms with Crippen molar-refractivity contribution in [3.05, 3.63) is 71.3 Å². The van der Waals surface area contributed by atoms with Gasteiger partial charge in [-0.1, -0.05) is 30.3 Å². The van der Waals surface area contributed by atoms with Gasteiger partial charge in [0.25, 0.3) is 11.8 Å². The third-order valence-corrected chi connectivity index (χ3v) is 8.23. The van der Waals surface area contributed by atoms with E-state index in [0.29, 0.717) is 28.2 Å². The number of ether oxygens (including phenoxy) is 3. The van der Waals surface area contributed by atoms with Gasteiger partial charge in [0.2, 0.25) is 0 Å². The van der Waals surface area contributed by atoms with E-state index < -0.39 is 23.8 Å². The first-order valence-corrected chi connectivity index (χ1v) is 14.0. The van der Waals surface area contributed by atoms with Gasteiger partial charge in [-0.3, -0.25) is 19.3 Å². The van der Waals surface area contributed by atoms with Crippen LogP contribution in [-0.2, 0) is 9.53 Å². The molecule has 2 amide bonds. The second-order valence-corrected chi connectivity index (χ2v) is 10.8. The molecule has 3 aromatic rings. The fourth-order valence-electron chi connectivity index (χ4n) is 6.12. The molecule has 2 saturated carbocycles. The molecule has 0 N–H and O–H groups in total. The van der Waals surface area contributed by atoms with Gasteiger partial charge < -0.3 is 14.2 Å². The average molecular weight is 528 g/mol. The SMILES string of the molecule is COC(=O)CC(c1ccc(OC2CCCC2)c(OC2CCCC2)c1)N1C(=O)c2cc3ccccc3cc2C1=O. The standard InChI is InChI=1S/C32H33NO6/c1-37-30(34)19-27(33-31(35)25-16-20-8-2-3-9-21(20)17-26(25)32(33)36)22-14-15-28(38-23-10-4-5-11-23)29(18-22)39-24-12-6-7-13-24/h2-3,8-9,14-18,23-24,27H,4-7,10-13,19H2,1H3. The van der Waals surface area contributed by atoms with Gasteiger partial charge in [0.1, 0.15) is 0 Å². The number of hydrogen-bond donors (Lipinski definition) is 0. The van der Waals surface area contributed by atoms with Gasteiger partial charge in [0, 0.05) is 0 Å². The Kier molecular flexibility index (Phi) is 6.98. The lowest BCUT2D eigenvalue weighted by Gasteiger charge is -2.27. The summed E-state index contributed by atoms with van der Waals surface area (Å²) in [6, 6.07) is 15.8. The zero-order chi connectivity index (χ0) is 26.9. The Balaban J connectivity index is 1.38. The van der Waals surface area contributed by atoms with Crippen molar-refractivity contribution in [2.24, 2.45) is 0 Å². The van der Waals surface area contributed by atoms with E-state index in [4.69, 9.17) is 14.2 Å². The molecule has 0 spiro atoms. The van der Waals surface area contributed by atoms with Crippen molar-refractivity contribution in [1.82, 2.24) is 4.90 Å². The fraction of sp³-hybridized carbons (Fsp3) is 0.406. The number of imide groups is 1. The summed E-state index contributed by atoms with van der Waals surface area (Å²) in [6.07, 6.45) is 8.61. The highest BCUT2D eigenvalue weighted by atomic mass is 16.5. The summed E-state index contributed by atoms with van der Waals surface area (Å²) in [7, 11) is 1.31. The van der Waals surface area contributed by atoms with E-state index in [-0.39, 0.29) is 18.6 Å². The molecular formula is C32H33NO6. The van der Waals surface area contributed by atoms with Gasteiger partial charge in [0.15, 0.2) is 11.5 Å². The van der Waals surface area contributed by atoms with Crippen LogP contribution >= 0.6 is 0 Å². The van der Waals surface area contributed by atoms with Gasteiger partial charge in [0.05, 0.1) is 42.9 Å². The highest BCUT2D eigenvalue weighted by molar-refractivity contribution is 6.23. The van der Waals surface area contributed by atoms with E-state index in [1.54, 1.807) is 12.1 Å². The molecule has 202 valence electrons. The van der Waals surface area contributed by atoms with Crippen LogP contribution in [-0.4, -0.2) is 42.0 Å².